The first-order valence-corrected chi connectivity index (χ1v) is 16.6. The smallest absolute Gasteiger partial charge is 0.405 e. The summed E-state index contributed by atoms with van der Waals surface area (Å²) in [6.07, 6.45) is 1.55. The molecular formula is C29H33ClN2O6Si. The van der Waals surface area contributed by atoms with Crippen LogP contribution in [0.1, 0.15) is 61.9 Å². The summed E-state index contributed by atoms with van der Waals surface area (Å²) >= 11 is 5.56. The fourth-order valence-corrected chi connectivity index (χ4v) is 6.51. The summed E-state index contributed by atoms with van der Waals surface area (Å²) in [5.41, 5.74) is 2.58. The average Bonchev–Trinajstić information content (AvgIpc) is 3.22. The van der Waals surface area contributed by atoms with Gasteiger partial charge in [0.25, 0.3) is 5.56 Å². The molecule has 5 rings (SSSR count). The number of hydrogen-bond donors (Lipinski definition) is 1. The van der Waals surface area contributed by atoms with Crippen LogP contribution in [0.5, 0.6) is 0 Å². The molecule has 0 saturated heterocycles. The Bertz CT molecular complexity index is 1610. The minimum absolute atomic E-state index is 0.0605. The first-order chi connectivity index (χ1) is 18.2. The highest BCUT2D eigenvalue weighted by Gasteiger charge is 2.50. The van der Waals surface area contributed by atoms with E-state index < -0.39 is 25.3 Å². The summed E-state index contributed by atoms with van der Waals surface area (Å²) < 4.78 is 12.3. The van der Waals surface area contributed by atoms with Crippen molar-refractivity contribution in [3.05, 3.63) is 62.4 Å². The van der Waals surface area contributed by atoms with Crippen molar-refractivity contribution in [3.8, 4) is 11.4 Å². The molecule has 2 aliphatic heterocycles. The fraction of sp³-hybridized carbons (Fsp3) is 0.448. The van der Waals surface area contributed by atoms with Gasteiger partial charge in [-0.15, -0.1) is 0 Å². The van der Waals surface area contributed by atoms with Gasteiger partial charge in [-0.25, -0.2) is 14.6 Å². The topological polar surface area (TPSA) is 108 Å². The zero-order valence-corrected chi connectivity index (χ0v) is 24.9. The molecule has 0 saturated carbocycles. The summed E-state index contributed by atoms with van der Waals surface area (Å²) in [7, 11) is -2.39. The number of ether oxygens (including phenoxy) is 2. The van der Waals surface area contributed by atoms with Gasteiger partial charge in [0, 0.05) is 28.1 Å². The minimum Gasteiger partial charge on any atom is -0.457 e. The summed E-state index contributed by atoms with van der Waals surface area (Å²) in [5.74, 6) is -0.751. The van der Waals surface area contributed by atoms with Gasteiger partial charge in [-0.1, -0.05) is 33.8 Å². The Morgan fingerprint density at radius 1 is 1.23 bits per heavy atom. The molecule has 10 heteroatoms. The Morgan fingerprint density at radius 2 is 1.95 bits per heavy atom. The van der Waals surface area contributed by atoms with E-state index in [0.29, 0.717) is 23.5 Å². The number of aromatic nitrogens is 2. The molecule has 0 fully saturated rings. The predicted octanol–water partition coefficient (Wildman–Crippen LogP) is 5.55. The standard InChI is InChI=1S/C29H33ClN2O6Si/c1-7-17-18-11-16(13-28(3,4)39(5,6)36)9-10-22(18)31-24-19(17)14-32-23(24)12-21-20(25(32)33)15-37-26(34)29(21,8-2)38-27(30)35/h9-12,36H,7-8,13-15H2,1-6H3. The van der Waals surface area contributed by atoms with Crippen molar-refractivity contribution >= 4 is 42.2 Å². The summed E-state index contributed by atoms with van der Waals surface area (Å²) in [6, 6.07) is 7.94. The van der Waals surface area contributed by atoms with Crippen molar-refractivity contribution < 1.29 is 23.9 Å². The highest BCUT2D eigenvalue weighted by atomic mass is 35.5. The fourth-order valence-electron chi connectivity index (χ4n) is 5.74. The number of cyclic esters (lactones) is 1. The number of hydrogen-bond acceptors (Lipinski definition) is 7. The first-order valence-electron chi connectivity index (χ1n) is 13.2. The SMILES string of the molecule is CCc1c2c(nc3ccc(CC(C)(C)[Si](C)(C)O)cc13)-c1cc3c(c(=O)n1C2)COC(=O)C3(CC)OC(=O)Cl. The normalized spacial score (nSPS) is 18.4. The lowest BCUT2D eigenvalue weighted by molar-refractivity contribution is -0.171. The Labute approximate surface area is 233 Å². The van der Waals surface area contributed by atoms with Crippen LogP contribution in [0.15, 0.2) is 29.1 Å². The molecule has 1 N–H and O–H groups in total. The van der Waals surface area contributed by atoms with Crippen molar-refractivity contribution in [2.75, 3.05) is 0 Å². The molecule has 39 heavy (non-hydrogen) atoms. The maximum atomic E-state index is 13.7. The first kappa shape index (κ1) is 27.5. The quantitative estimate of drug-likeness (QED) is 0.185. The number of benzene rings is 1. The highest BCUT2D eigenvalue weighted by molar-refractivity contribution is 6.72. The van der Waals surface area contributed by atoms with Gasteiger partial charge in [0.1, 0.15) is 6.61 Å². The number of aryl methyl sites for hydroxylation is 1. The maximum absolute atomic E-state index is 13.7. The Kier molecular flexibility index (Phi) is 6.56. The van der Waals surface area contributed by atoms with E-state index in [9.17, 15) is 19.2 Å². The summed E-state index contributed by atoms with van der Waals surface area (Å²) in [6.45, 7) is 12.1. The van der Waals surface area contributed by atoms with Crippen LogP contribution >= 0.6 is 11.6 Å². The Morgan fingerprint density at radius 3 is 2.56 bits per heavy atom. The molecule has 4 heterocycles. The lowest BCUT2D eigenvalue weighted by atomic mass is 9.85. The third-order valence-corrected chi connectivity index (χ3v) is 12.3. The largest absolute Gasteiger partial charge is 0.457 e. The number of carbonyl (C=O) groups is 2. The van der Waals surface area contributed by atoms with Crippen LogP contribution in [0.4, 0.5) is 4.79 Å². The molecule has 1 atom stereocenters. The van der Waals surface area contributed by atoms with Gasteiger partial charge in [0.15, 0.2) is 8.32 Å². The molecule has 0 bridgehead atoms. The third kappa shape index (κ3) is 4.22. The van der Waals surface area contributed by atoms with E-state index in [-0.39, 0.29) is 29.2 Å². The molecule has 1 unspecified atom stereocenters. The number of rotatable bonds is 6. The van der Waals surface area contributed by atoms with E-state index in [1.165, 1.54) is 0 Å². The molecular weight excluding hydrogens is 536 g/mol. The molecule has 0 amide bonds. The van der Waals surface area contributed by atoms with Gasteiger partial charge in [0.2, 0.25) is 5.60 Å². The molecule has 0 spiro atoms. The minimum atomic E-state index is -2.39. The van der Waals surface area contributed by atoms with Gasteiger partial charge in [-0.05, 0) is 66.7 Å². The van der Waals surface area contributed by atoms with E-state index in [4.69, 9.17) is 26.1 Å². The molecule has 8 nitrogen and oxygen atoms in total. The van der Waals surface area contributed by atoms with Crippen molar-refractivity contribution in [1.82, 2.24) is 9.55 Å². The summed E-state index contributed by atoms with van der Waals surface area (Å²) in [5, 5.41) is 0.822. The zero-order valence-electron chi connectivity index (χ0n) is 23.1. The van der Waals surface area contributed by atoms with Crippen LogP contribution in [0.25, 0.3) is 22.3 Å². The van der Waals surface area contributed by atoms with E-state index >= 15 is 0 Å². The van der Waals surface area contributed by atoms with Crippen LogP contribution in [0, 0.1) is 0 Å². The molecule has 0 radical (unpaired) electrons. The van der Waals surface area contributed by atoms with Crippen molar-refractivity contribution in [1.29, 1.82) is 0 Å². The molecule has 1 aromatic carbocycles. The van der Waals surface area contributed by atoms with Gasteiger partial charge in [0.05, 0.1) is 29.0 Å². The van der Waals surface area contributed by atoms with E-state index in [1.54, 1.807) is 17.6 Å². The van der Waals surface area contributed by atoms with Gasteiger partial charge < -0.3 is 18.8 Å². The van der Waals surface area contributed by atoms with Crippen molar-refractivity contribution in [3.63, 3.8) is 0 Å². The Balaban J connectivity index is 1.70. The number of pyridine rings is 2. The molecule has 3 aromatic rings. The second-order valence-electron chi connectivity index (χ2n) is 11.7. The molecule has 0 aliphatic carbocycles. The predicted molar refractivity (Wildman–Crippen MR) is 151 cm³/mol. The third-order valence-electron chi connectivity index (χ3n) is 8.75. The number of halogens is 1. The van der Waals surface area contributed by atoms with Crippen molar-refractivity contribution in [2.24, 2.45) is 0 Å². The molecule has 2 aromatic heterocycles. The number of fused-ring (bicyclic) bond motifs is 5. The average molecular weight is 569 g/mol. The van der Waals surface area contributed by atoms with E-state index in [1.807, 2.05) is 19.2 Å². The number of carbonyl (C=O) groups excluding carboxylic acids is 2. The van der Waals surface area contributed by atoms with E-state index in [0.717, 1.165) is 40.4 Å². The molecule has 2 aliphatic rings. The molecule has 206 valence electrons. The van der Waals surface area contributed by atoms with Crippen LogP contribution in [0.2, 0.25) is 18.1 Å². The van der Waals surface area contributed by atoms with Crippen LogP contribution in [-0.2, 0) is 45.9 Å². The van der Waals surface area contributed by atoms with E-state index in [2.05, 4.69) is 32.9 Å². The monoisotopic (exact) mass is 568 g/mol. The zero-order chi connectivity index (χ0) is 28.5. The van der Waals surface area contributed by atoms with Crippen LogP contribution < -0.4 is 5.56 Å². The van der Waals surface area contributed by atoms with Crippen molar-refractivity contribution in [2.45, 2.75) is 83.8 Å². The number of nitrogens with zero attached hydrogens (tertiary/aromatic N) is 2. The van der Waals surface area contributed by atoms with Gasteiger partial charge >= 0.3 is 11.4 Å². The summed E-state index contributed by atoms with van der Waals surface area (Å²) in [4.78, 5) is 54.2. The number of esters is 1. The maximum Gasteiger partial charge on any atom is 0.405 e. The van der Waals surface area contributed by atoms with Crippen LogP contribution in [0.3, 0.4) is 0 Å². The van der Waals surface area contributed by atoms with Gasteiger partial charge in [-0.3, -0.25) is 4.79 Å². The second-order valence-corrected chi connectivity index (χ2v) is 16.4. The lowest BCUT2D eigenvalue weighted by Gasteiger charge is -2.35. The second kappa shape index (κ2) is 9.28. The highest BCUT2D eigenvalue weighted by Crippen LogP contribution is 2.43. The van der Waals surface area contributed by atoms with Crippen LogP contribution in [-0.4, -0.2) is 34.1 Å². The Hall–Kier alpha value is -3.01. The lowest BCUT2D eigenvalue weighted by Crippen LogP contribution is -2.46. The van der Waals surface area contributed by atoms with Gasteiger partial charge in [-0.2, -0.15) is 0 Å².